The van der Waals surface area contributed by atoms with Crippen molar-refractivity contribution >= 4 is 17.2 Å². The third kappa shape index (κ3) is 2.53. The number of nitrogens with two attached hydrogens (primary N) is 1. The van der Waals surface area contributed by atoms with Crippen LogP contribution in [0.2, 0.25) is 0 Å². The van der Waals surface area contributed by atoms with E-state index in [0.29, 0.717) is 11.1 Å². The van der Waals surface area contributed by atoms with Gasteiger partial charge in [0.15, 0.2) is 0 Å². The highest BCUT2D eigenvalue weighted by atomic mass is 32.1. The van der Waals surface area contributed by atoms with Crippen LogP contribution in [0.25, 0.3) is 0 Å². The average molecular weight is 235 g/mol. The monoisotopic (exact) mass is 235 g/mol. The molecule has 2 N–H and O–H groups in total. The van der Waals surface area contributed by atoms with E-state index >= 15 is 0 Å². The minimum atomic E-state index is 0.398. The number of ether oxygens (including phenoxy) is 1. The molecule has 86 valence electrons. The molecule has 0 radical (unpaired) electrons. The SMILES string of the molecule is Cc1cc(OC2CCCC2)ccc1C(N)=S. The first-order chi connectivity index (χ1) is 7.66. The Labute approximate surface area is 102 Å². The lowest BCUT2D eigenvalue weighted by atomic mass is 10.1. The highest BCUT2D eigenvalue weighted by Gasteiger charge is 2.16. The molecule has 1 aliphatic carbocycles. The zero-order chi connectivity index (χ0) is 11.5. The first-order valence-electron chi connectivity index (χ1n) is 5.74. The normalized spacial score (nSPS) is 16.3. The maximum absolute atomic E-state index is 5.91. The maximum Gasteiger partial charge on any atom is 0.120 e. The summed E-state index contributed by atoms with van der Waals surface area (Å²) in [5.41, 5.74) is 7.64. The van der Waals surface area contributed by atoms with Gasteiger partial charge in [0, 0.05) is 5.56 Å². The molecule has 0 amide bonds. The van der Waals surface area contributed by atoms with Crippen LogP contribution in [-0.4, -0.2) is 11.1 Å². The van der Waals surface area contributed by atoms with Crippen molar-refractivity contribution in [1.29, 1.82) is 0 Å². The van der Waals surface area contributed by atoms with Crippen molar-refractivity contribution in [3.05, 3.63) is 29.3 Å². The van der Waals surface area contributed by atoms with Gasteiger partial charge in [0.05, 0.1) is 6.10 Å². The highest BCUT2D eigenvalue weighted by Crippen LogP contribution is 2.25. The van der Waals surface area contributed by atoms with Crippen molar-refractivity contribution in [3.63, 3.8) is 0 Å². The largest absolute Gasteiger partial charge is 0.490 e. The molecule has 0 saturated heterocycles. The van der Waals surface area contributed by atoms with E-state index in [4.69, 9.17) is 22.7 Å². The number of hydrogen-bond acceptors (Lipinski definition) is 2. The predicted molar refractivity (Wildman–Crippen MR) is 70.0 cm³/mol. The molecular weight excluding hydrogens is 218 g/mol. The second-order valence-corrected chi connectivity index (χ2v) is 4.81. The maximum atomic E-state index is 5.91. The molecule has 0 heterocycles. The van der Waals surface area contributed by atoms with Gasteiger partial charge in [-0.1, -0.05) is 12.2 Å². The zero-order valence-electron chi connectivity index (χ0n) is 9.53. The van der Waals surface area contributed by atoms with Crippen LogP contribution in [0.5, 0.6) is 5.75 Å². The van der Waals surface area contributed by atoms with Gasteiger partial charge < -0.3 is 10.5 Å². The van der Waals surface area contributed by atoms with Crippen molar-refractivity contribution in [2.45, 2.75) is 38.7 Å². The molecule has 1 aliphatic rings. The molecule has 0 bridgehead atoms. The summed E-state index contributed by atoms with van der Waals surface area (Å²) in [5.74, 6) is 0.935. The minimum Gasteiger partial charge on any atom is -0.490 e. The lowest BCUT2D eigenvalue weighted by molar-refractivity contribution is 0.210. The summed E-state index contributed by atoms with van der Waals surface area (Å²) in [7, 11) is 0. The van der Waals surface area contributed by atoms with Crippen LogP contribution >= 0.6 is 12.2 Å². The molecule has 1 aromatic rings. The molecule has 0 aliphatic heterocycles. The topological polar surface area (TPSA) is 35.2 Å². The standard InChI is InChI=1S/C13H17NOS/c1-9-8-11(6-7-12(9)13(14)16)15-10-4-2-3-5-10/h6-8,10H,2-5H2,1H3,(H2,14,16). The molecule has 2 rings (SSSR count). The van der Waals surface area contributed by atoms with Crippen LogP contribution in [0.3, 0.4) is 0 Å². The number of hydrogen-bond donors (Lipinski definition) is 1. The van der Waals surface area contributed by atoms with E-state index in [0.717, 1.165) is 16.9 Å². The Morgan fingerprint density at radius 1 is 1.38 bits per heavy atom. The van der Waals surface area contributed by atoms with Crippen LogP contribution in [0.15, 0.2) is 18.2 Å². The summed E-state index contributed by atoms with van der Waals surface area (Å²) in [6.45, 7) is 2.01. The van der Waals surface area contributed by atoms with Gasteiger partial charge in [0.2, 0.25) is 0 Å². The number of rotatable bonds is 3. The first kappa shape index (κ1) is 11.4. The lowest BCUT2D eigenvalue weighted by Crippen LogP contribution is -2.13. The second kappa shape index (κ2) is 4.83. The molecule has 0 atom stereocenters. The highest BCUT2D eigenvalue weighted by molar-refractivity contribution is 7.80. The third-order valence-electron chi connectivity index (χ3n) is 3.07. The molecule has 3 heteroatoms. The molecular formula is C13H17NOS. The van der Waals surface area contributed by atoms with Gasteiger partial charge in [-0.2, -0.15) is 0 Å². The molecule has 16 heavy (non-hydrogen) atoms. The Kier molecular flexibility index (Phi) is 3.44. The summed E-state index contributed by atoms with van der Waals surface area (Å²) in [6, 6.07) is 5.93. The Morgan fingerprint density at radius 2 is 2.06 bits per heavy atom. The summed E-state index contributed by atoms with van der Waals surface area (Å²) in [5, 5.41) is 0. The molecule has 0 aromatic heterocycles. The fraction of sp³-hybridized carbons (Fsp3) is 0.462. The Morgan fingerprint density at radius 3 is 2.62 bits per heavy atom. The van der Waals surface area contributed by atoms with Gasteiger partial charge >= 0.3 is 0 Å². The van der Waals surface area contributed by atoms with E-state index < -0.39 is 0 Å². The van der Waals surface area contributed by atoms with Gasteiger partial charge in [-0.15, -0.1) is 0 Å². The first-order valence-corrected chi connectivity index (χ1v) is 6.15. The second-order valence-electron chi connectivity index (χ2n) is 4.37. The van der Waals surface area contributed by atoms with Crippen LogP contribution in [0.1, 0.15) is 36.8 Å². The fourth-order valence-electron chi connectivity index (χ4n) is 2.18. The molecule has 1 fully saturated rings. The van der Waals surface area contributed by atoms with Crippen LogP contribution in [0, 0.1) is 6.92 Å². The molecule has 1 saturated carbocycles. The predicted octanol–water partition coefficient (Wildman–Crippen LogP) is 2.95. The van der Waals surface area contributed by atoms with Gasteiger partial charge in [-0.3, -0.25) is 0 Å². The van der Waals surface area contributed by atoms with Crippen molar-refractivity contribution in [1.82, 2.24) is 0 Å². The number of thiocarbonyl (C=S) groups is 1. The Bertz CT molecular complexity index is 397. The Balaban J connectivity index is 2.11. The van der Waals surface area contributed by atoms with E-state index in [1.807, 2.05) is 25.1 Å². The average Bonchev–Trinajstić information content (AvgIpc) is 2.70. The van der Waals surface area contributed by atoms with Gasteiger partial charge in [-0.05, 0) is 56.4 Å². The molecule has 0 unspecified atom stereocenters. The van der Waals surface area contributed by atoms with Crippen molar-refractivity contribution in [2.75, 3.05) is 0 Å². The van der Waals surface area contributed by atoms with E-state index in [1.165, 1.54) is 25.7 Å². The fourth-order valence-corrected chi connectivity index (χ4v) is 2.41. The van der Waals surface area contributed by atoms with Crippen LogP contribution in [-0.2, 0) is 0 Å². The molecule has 0 spiro atoms. The summed E-state index contributed by atoms with van der Waals surface area (Å²) < 4.78 is 5.91. The van der Waals surface area contributed by atoms with Gasteiger partial charge in [0.25, 0.3) is 0 Å². The van der Waals surface area contributed by atoms with Crippen LogP contribution < -0.4 is 10.5 Å². The van der Waals surface area contributed by atoms with E-state index in [2.05, 4.69) is 0 Å². The van der Waals surface area contributed by atoms with Crippen molar-refractivity contribution in [2.24, 2.45) is 5.73 Å². The van der Waals surface area contributed by atoms with Crippen LogP contribution in [0.4, 0.5) is 0 Å². The quantitative estimate of drug-likeness (QED) is 0.818. The third-order valence-corrected chi connectivity index (χ3v) is 3.29. The van der Waals surface area contributed by atoms with E-state index in [-0.39, 0.29) is 0 Å². The summed E-state index contributed by atoms with van der Waals surface area (Å²) >= 11 is 4.97. The van der Waals surface area contributed by atoms with Crippen molar-refractivity contribution in [3.8, 4) is 5.75 Å². The smallest absolute Gasteiger partial charge is 0.120 e. The number of aryl methyl sites for hydroxylation is 1. The van der Waals surface area contributed by atoms with E-state index in [1.54, 1.807) is 0 Å². The summed E-state index contributed by atoms with van der Waals surface area (Å²) in [4.78, 5) is 0.449. The lowest BCUT2D eigenvalue weighted by Gasteiger charge is -2.14. The zero-order valence-corrected chi connectivity index (χ0v) is 10.3. The molecule has 1 aromatic carbocycles. The Hall–Kier alpha value is -1.09. The van der Waals surface area contributed by atoms with Gasteiger partial charge in [0.1, 0.15) is 10.7 Å². The minimum absolute atomic E-state index is 0.398. The van der Waals surface area contributed by atoms with Gasteiger partial charge in [-0.25, -0.2) is 0 Å². The number of benzene rings is 1. The van der Waals surface area contributed by atoms with E-state index in [9.17, 15) is 0 Å². The van der Waals surface area contributed by atoms with Crippen molar-refractivity contribution < 1.29 is 4.74 Å². The summed E-state index contributed by atoms with van der Waals surface area (Å²) in [6.07, 6.45) is 5.32. The molecule has 2 nitrogen and oxygen atoms in total.